The van der Waals surface area contributed by atoms with Gasteiger partial charge in [0.1, 0.15) is 29.3 Å². The van der Waals surface area contributed by atoms with Crippen LogP contribution >= 0.6 is 11.6 Å². The zero-order valence-electron chi connectivity index (χ0n) is 13.4. The van der Waals surface area contributed by atoms with E-state index in [0.717, 1.165) is 6.07 Å². The number of fused-ring (bicyclic) bond motifs is 2. The van der Waals surface area contributed by atoms with Crippen LogP contribution in [0.2, 0.25) is 5.02 Å². The molecule has 2 aliphatic rings. The molecule has 3 rings (SSSR count). The number of ketones is 1. The lowest BCUT2D eigenvalue weighted by Gasteiger charge is -2.16. The SMILES string of the molecule is C[C@H]1C[C@H]2O[C@@H]2/C=C/C=C/C(=O)Cc2c(Cl)c(O)cc(O)c2C(=O)O1. The standard InChI is InChI=1S/C18H17ClO6/c1-9-6-15-14(25-15)5-3-2-4-10(20)7-11-16(18(23)24-9)12(21)8-13(22)17(11)19/h2-5,8-9,14-15,21-22H,6-7H2,1H3/b4-2+,5-3+/t9-,14+,15+/m0/s1. The Bertz CT molecular complexity index is 782. The zero-order valence-corrected chi connectivity index (χ0v) is 14.2. The zero-order chi connectivity index (χ0) is 18.1. The molecular weight excluding hydrogens is 348 g/mol. The summed E-state index contributed by atoms with van der Waals surface area (Å²) >= 11 is 6.05. The van der Waals surface area contributed by atoms with Crippen molar-refractivity contribution in [2.24, 2.45) is 0 Å². The van der Waals surface area contributed by atoms with Crippen LogP contribution in [0.25, 0.3) is 0 Å². The van der Waals surface area contributed by atoms with Gasteiger partial charge in [0.05, 0.1) is 11.1 Å². The molecule has 3 atom stereocenters. The lowest BCUT2D eigenvalue weighted by atomic mass is 10.00. The smallest absolute Gasteiger partial charge is 0.342 e. The number of hydrogen-bond donors (Lipinski definition) is 2. The molecule has 7 heteroatoms. The van der Waals surface area contributed by atoms with Crippen molar-refractivity contribution in [3.63, 3.8) is 0 Å². The molecule has 1 fully saturated rings. The molecule has 0 spiro atoms. The highest BCUT2D eigenvalue weighted by Crippen LogP contribution is 2.37. The Labute approximate surface area is 149 Å². The van der Waals surface area contributed by atoms with E-state index >= 15 is 0 Å². The molecule has 0 amide bonds. The molecule has 1 saturated heterocycles. The summed E-state index contributed by atoms with van der Waals surface area (Å²) in [6, 6.07) is 0.958. The fourth-order valence-corrected chi connectivity index (χ4v) is 3.00. The lowest BCUT2D eigenvalue weighted by Crippen LogP contribution is -2.19. The highest BCUT2D eigenvalue weighted by atomic mass is 35.5. The van der Waals surface area contributed by atoms with Crippen LogP contribution in [0.4, 0.5) is 0 Å². The van der Waals surface area contributed by atoms with Gasteiger partial charge in [0.2, 0.25) is 0 Å². The fraction of sp³-hybridized carbons (Fsp3) is 0.333. The summed E-state index contributed by atoms with van der Waals surface area (Å²) in [5.74, 6) is -2.04. The molecule has 1 aromatic rings. The summed E-state index contributed by atoms with van der Waals surface area (Å²) in [5.41, 5.74) is -0.176. The van der Waals surface area contributed by atoms with Gasteiger partial charge in [0.15, 0.2) is 5.78 Å². The van der Waals surface area contributed by atoms with Crippen LogP contribution in [0.15, 0.2) is 30.4 Å². The Morgan fingerprint density at radius 2 is 1.96 bits per heavy atom. The van der Waals surface area contributed by atoms with Gasteiger partial charge in [-0.05, 0) is 13.0 Å². The second kappa shape index (κ2) is 6.90. The van der Waals surface area contributed by atoms with Gasteiger partial charge in [0, 0.05) is 24.5 Å². The highest BCUT2D eigenvalue weighted by molar-refractivity contribution is 6.33. The van der Waals surface area contributed by atoms with Crippen molar-refractivity contribution in [3.05, 3.63) is 46.5 Å². The van der Waals surface area contributed by atoms with E-state index in [1.54, 1.807) is 19.1 Å². The molecule has 2 heterocycles. The van der Waals surface area contributed by atoms with Gasteiger partial charge >= 0.3 is 5.97 Å². The fourth-order valence-electron chi connectivity index (χ4n) is 2.78. The number of cyclic esters (lactones) is 1. The summed E-state index contributed by atoms with van der Waals surface area (Å²) < 4.78 is 10.8. The Morgan fingerprint density at radius 3 is 2.72 bits per heavy atom. The average molecular weight is 365 g/mol. The summed E-state index contributed by atoms with van der Waals surface area (Å²) in [6.45, 7) is 1.72. The number of carbonyl (C=O) groups is 2. The first-order valence-corrected chi connectivity index (χ1v) is 8.22. The highest BCUT2D eigenvalue weighted by Gasteiger charge is 2.38. The molecule has 2 N–H and O–H groups in total. The van der Waals surface area contributed by atoms with Crippen LogP contribution in [0.1, 0.15) is 29.3 Å². The summed E-state index contributed by atoms with van der Waals surface area (Å²) in [6.07, 6.45) is 6.13. The van der Waals surface area contributed by atoms with Gasteiger partial charge in [0.25, 0.3) is 0 Å². The predicted octanol–water partition coefficient (Wildman–Crippen LogP) is 2.69. The predicted molar refractivity (Wildman–Crippen MR) is 89.9 cm³/mol. The third-order valence-electron chi connectivity index (χ3n) is 4.06. The van der Waals surface area contributed by atoms with Crippen LogP contribution in [0.5, 0.6) is 11.5 Å². The number of halogens is 1. The molecule has 0 saturated carbocycles. The largest absolute Gasteiger partial charge is 0.507 e. The van der Waals surface area contributed by atoms with Crippen molar-refractivity contribution in [1.29, 1.82) is 0 Å². The number of aromatic hydroxyl groups is 2. The Balaban J connectivity index is 2.01. The Hall–Kier alpha value is -2.31. The maximum atomic E-state index is 12.5. The number of phenols is 2. The third kappa shape index (κ3) is 3.86. The summed E-state index contributed by atoms with van der Waals surface area (Å²) in [7, 11) is 0. The molecule has 25 heavy (non-hydrogen) atoms. The van der Waals surface area contributed by atoms with E-state index in [0.29, 0.717) is 6.42 Å². The Kier molecular flexibility index (Phi) is 4.83. The number of carbonyl (C=O) groups excluding carboxylic acids is 2. The van der Waals surface area contributed by atoms with Gasteiger partial charge in [-0.3, -0.25) is 4.79 Å². The van der Waals surface area contributed by atoms with E-state index in [2.05, 4.69) is 0 Å². The number of allylic oxidation sites excluding steroid dienone is 3. The van der Waals surface area contributed by atoms with Crippen LogP contribution in [-0.4, -0.2) is 40.3 Å². The van der Waals surface area contributed by atoms with Crippen molar-refractivity contribution >= 4 is 23.4 Å². The monoisotopic (exact) mass is 364 g/mol. The first-order valence-electron chi connectivity index (χ1n) is 7.84. The van der Waals surface area contributed by atoms with E-state index in [1.165, 1.54) is 6.08 Å². The first-order chi connectivity index (χ1) is 11.9. The second-order valence-electron chi connectivity index (χ2n) is 6.06. The molecule has 0 bridgehead atoms. The lowest BCUT2D eigenvalue weighted by molar-refractivity contribution is -0.114. The molecule has 0 radical (unpaired) electrons. The molecule has 0 aliphatic carbocycles. The van der Waals surface area contributed by atoms with Crippen LogP contribution < -0.4 is 0 Å². The van der Waals surface area contributed by atoms with Crippen LogP contribution in [-0.2, 0) is 20.7 Å². The maximum Gasteiger partial charge on any atom is 0.342 e. The van der Waals surface area contributed by atoms with Crippen LogP contribution in [0.3, 0.4) is 0 Å². The number of epoxide rings is 1. The average Bonchev–Trinajstić information content (AvgIpc) is 3.25. The minimum atomic E-state index is -0.802. The number of phenolic OH excluding ortho intramolecular Hbond substituents is 2. The number of rotatable bonds is 0. The first kappa shape index (κ1) is 17.5. The summed E-state index contributed by atoms with van der Waals surface area (Å²) in [4.78, 5) is 24.6. The van der Waals surface area contributed by atoms with Crippen LogP contribution in [0, 0.1) is 0 Å². The molecule has 132 valence electrons. The second-order valence-corrected chi connectivity index (χ2v) is 6.44. The van der Waals surface area contributed by atoms with Gasteiger partial charge in [-0.1, -0.05) is 29.8 Å². The minimum Gasteiger partial charge on any atom is -0.507 e. The molecule has 2 aliphatic heterocycles. The van der Waals surface area contributed by atoms with Gasteiger partial charge in [-0.2, -0.15) is 0 Å². The van der Waals surface area contributed by atoms with E-state index in [1.807, 2.05) is 6.08 Å². The van der Waals surface area contributed by atoms with Crippen molar-refractivity contribution in [2.45, 2.75) is 38.1 Å². The molecule has 0 unspecified atom stereocenters. The summed E-state index contributed by atoms with van der Waals surface area (Å²) in [5, 5.41) is 19.7. The van der Waals surface area contributed by atoms with E-state index in [4.69, 9.17) is 21.1 Å². The minimum absolute atomic E-state index is 0.0348. The number of benzene rings is 1. The van der Waals surface area contributed by atoms with Gasteiger partial charge in [-0.25, -0.2) is 4.79 Å². The van der Waals surface area contributed by atoms with Gasteiger partial charge in [-0.15, -0.1) is 0 Å². The van der Waals surface area contributed by atoms with E-state index in [-0.39, 0.29) is 40.6 Å². The molecular formula is C18H17ClO6. The van der Waals surface area contributed by atoms with E-state index in [9.17, 15) is 19.8 Å². The molecule has 1 aromatic carbocycles. The number of ether oxygens (including phenoxy) is 2. The van der Waals surface area contributed by atoms with Gasteiger partial charge < -0.3 is 19.7 Å². The van der Waals surface area contributed by atoms with Crippen molar-refractivity contribution in [3.8, 4) is 11.5 Å². The molecule has 0 aromatic heterocycles. The number of esters is 1. The third-order valence-corrected chi connectivity index (χ3v) is 4.49. The molecule has 6 nitrogen and oxygen atoms in total. The Morgan fingerprint density at radius 1 is 1.20 bits per heavy atom. The topological polar surface area (TPSA) is 96.4 Å². The maximum absolute atomic E-state index is 12.5. The van der Waals surface area contributed by atoms with E-state index < -0.39 is 23.6 Å². The van der Waals surface area contributed by atoms with Crippen molar-refractivity contribution in [2.75, 3.05) is 0 Å². The quantitative estimate of drug-likeness (QED) is 0.542. The van der Waals surface area contributed by atoms with Crippen molar-refractivity contribution < 1.29 is 29.3 Å². The normalized spacial score (nSPS) is 29.0. The number of hydrogen-bond acceptors (Lipinski definition) is 6. The van der Waals surface area contributed by atoms with Crippen molar-refractivity contribution in [1.82, 2.24) is 0 Å².